The van der Waals surface area contributed by atoms with Gasteiger partial charge < -0.3 is 10.2 Å². The molecule has 5 heteroatoms. The number of hydrogen-bond donors (Lipinski definition) is 2. The third-order valence-electron chi connectivity index (χ3n) is 5.13. The fourth-order valence-electron chi connectivity index (χ4n) is 3.77. The van der Waals surface area contributed by atoms with Gasteiger partial charge in [0, 0.05) is 5.56 Å². The number of benzene rings is 1. The van der Waals surface area contributed by atoms with Crippen molar-refractivity contribution in [3.8, 4) is 0 Å². The lowest BCUT2D eigenvalue weighted by Crippen LogP contribution is -3.09. The van der Waals surface area contributed by atoms with Gasteiger partial charge in [-0.2, -0.15) is 0 Å². The van der Waals surface area contributed by atoms with Crippen molar-refractivity contribution in [2.45, 2.75) is 51.1 Å². The molecule has 1 spiro atoms. The molecule has 124 valence electrons. The second-order valence-corrected chi connectivity index (χ2v) is 7.02. The van der Waals surface area contributed by atoms with Crippen LogP contribution in [0.15, 0.2) is 24.3 Å². The molecule has 2 N–H and O–H groups in total. The van der Waals surface area contributed by atoms with Crippen molar-refractivity contribution >= 4 is 11.9 Å². The summed E-state index contributed by atoms with van der Waals surface area (Å²) < 4.78 is 0. The molecule has 1 saturated carbocycles. The Morgan fingerprint density at radius 2 is 1.87 bits per heavy atom. The summed E-state index contributed by atoms with van der Waals surface area (Å²) in [4.78, 5) is 27.6. The molecule has 2 aliphatic rings. The molecule has 1 aliphatic carbocycles. The van der Waals surface area contributed by atoms with E-state index in [1.54, 1.807) is 0 Å². The minimum absolute atomic E-state index is 0.0219. The summed E-state index contributed by atoms with van der Waals surface area (Å²) in [6.07, 6.45) is 4.76. The Morgan fingerprint density at radius 3 is 2.57 bits per heavy atom. The number of carbonyl (C=O) groups is 2. The quantitative estimate of drug-likeness (QED) is 0.821. The van der Waals surface area contributed by atoms with Gasteiger partial charge >= 0.3 is 6.03 Å². The number of aryl methyl sites for hydroxylation is 1. The molecule has 1 aliphatic heterocycles. The van der Waals surface area contributed by atoms with Crippen LogP contribution in [-0.4, -0.2) is 36.1 Å². The van der Waals surface area contributed by atoms with E-state index in [-0.39, 0.29) is 11.9 Å². The Bertz CT molecular complexity index is 608. The highest BCUT2D eigenvalue weighted by molar-refractivity contribution is 6.06. The smallest absolute Gasteiger partial charge is 0.323 e. The topological polar surface area (TPSA) is 53.9 Å². The highest BCUT2D eigenvalue weighted by Gasteiger charge is 2.52. The molecular weight excluding hydrogens is 290 g/mol. The molecule has 3 amide bonds. The standard InChI is InChI=1S/C18H25N3O2/c1-14-8-4-5-9-15(14)12-20(2)13-21-16(22)18(19-17(21)23)10-6-3-7-11-18/h4-5,8-9H,3,6-7,10-13H2,1-2H3,(H,19,23)/p+1. The lowest BCUT2D eigenvalue weighted by Gasteiger charge is -2.30. The van der Waals surface area contributed by atoms with E-state index in [9.17, 15) is 9.59 Å². The van der Waals surface area contributed by atoms with E-state index in [0.29, 0.717) is 6.67 Å². The minimum atomic E-state index is -0.613. The van der Waals surface area contributed by atoms with Crippen LogP contribution in [0.4, 0.5) is 4.79 Å². The first-order chi connectivity index (χ1) is 11.0. The van der Waals surface area contributed by atoms with Crippen molar-refractivity contribution in [3.05, 3.63) is 35.4 Å². The van der Waals surface area contributed by atoms with Gasteiger partial charge in [-0.3, -0.25) is 4.79 Å². The van der Waals surface area contributed by atoms with Crippen molar-refractivity contribution in [1.29, 1.82) is 0 Å². The van der Waals surface area contributed by atoms with Gasteiger partial charge in [0.15, 0.2) is 6.67 Å². The van der Waals surface area contributed by atoms with E-state index in [4.69, 9.17) is 0 Å². The van der Waals surface area contributed by atoms with Crippen molar-refractivity contribution in [2.24, 2.45) is 0 Å². The fraction of sp³-hybridized carbons (Fsp3) is 0.556. The largest absolute Gasteiger partial charge is 0.329 e. The number of imide groups is 1. The van der Waals surface area contributed by atoms with Crippen LogP contribution in [0, 0.1) is 6.92 Å². The van der Waals surface area contributed by atoms with Gasteiger partial charge in [-0.1, -0.05) is 43.5 Å². The van der Waals surface area contributed by atoms with Crippen molar-refractivity contribution in [1.82, 2.24) is 10.2 Å². The van der Waals surface area contributed by atoms with Crippen molar-refractivity contribution < 1.29 is 14.5 Å². The highest BCUT2D eigenvalue weighted by atomic mass is 16.2. The summed E-state index contributed by atoms with van der Waals surface area (Å²) >= 11 is 0. The molecule has 1 saturated heterocycles. The van der Waals surface area contributed by atoms with Gasteiger partial charge in [0.2, 0.25) is 0 Å². The zero-order valence-corrected chi connectivity index (χ0v) is 14.0. The maximum Gasteiger partial charge on any atom is 0.329 e. The number of hydrogen-bond acceptors (Lipinski definition) is 2. The average molecular weight is 316 g/mol. The number of nitrogens with zero attached hydrogens (tertiary/aromatic N) is 1. The molecule has 1 heterocycles. The monoisotopic (exact) mass is 316 g/mol. The minimum Gasteiger partial charge on any atom is -0.323 e. The van der Waals surface area contributed by atoms with E-state index in [0.717, 1.165) is 43.5 Å². The molecule has 0 bridgehead atoms. The number of quaternary nitrogens is 1. The number of nitrogens with one attached hydrogen (secondary N) is 2. The van der Waals surface area contributed by atoms with Crippen LogP contribution in [0.3, 0.4) is 0 Å². The summed E-state index contributed by atoms with van der Waals surface area (Å²) in [5.41, 5.74) is 1.88. The Labute approximate surface area is 137 Å². The van der Waals surface area contributed by atoms with Gasteiger partial charge in [-0.15, -0.1) is 0 Å². The average Bonchev–Trinajstić information content (AvgIpc) is 2.75. The van der Waals surface area contributed by atoms with Crippen LogP contribution < -0.4 is 10.2 Å². The third kappa shape index (κ3) is 3.11. The van der Waals surface area contributed by atoms with Crippen LogP contribution in [0.2, 0.25) is 0 Å². The van der Waals surface area contributed by atoms with Gasteiger partial charge in [0.25, 0.3) is 5.91 Å². The summed E-state index contributed by atoms with van der Waals surface area (Å²) in [5.74, 6) is -0.0219. The normalized spacial score (nSPS) is 21.6. The lowest BCUT2D eigenvalue weighted by molar-refractivity contribution is -0.901. The Kier molecular flexibility index (Phi) is 4.39. The number of urea groups is 1. The van der Waals surface area contributed by atoms with E-state index in [1.807, 2.05) is 19.2 Å². The van der Waals surface area contributed by atoms with Crippen LogP contribution in [0.1, 0.15) is 43.2 Å². The highest BCUT2D eigenvalue weighted by Crippen LogP contribution is 2.33. The predicted octanol–water partition coefficient (Wildman–Crippen LogP) is 1.22. The molecule has 2 fully saturated rings. The van der Waals surface area contributed by atoms with Crippen LogP contribution in [0.5, 0.6) is 0 Å². The van der Waals surface area contributed by atoms with Gasteiger partial charge in [-0.05, 0) is 25.3 Å². The summed E-state index contributed by atoms with van der Waals surface area (Å²) in [6, 6.07) is 8.03. The molecule has 1 aromatic carbocycles. The molecule has 23 heavy (non-hydrogen) atoms. The zero-order valence-electron chi connectivity index (χ0n) is 14.0. The maximum absolute atomic E-state index is 12.8. The third-order valence-corrected chi connectivity index (χ3v) is 5.13. The molecule has 3 rings (SSSR count). The van der Waals surface area contributed by atoms with Gasteiger partial charge in [0.05, 0.1) is 7.05 Å². The van der Waals surface area contributed by atoms with Gasteiger partial charge in [0.1, 0.15) is 12.1 Å². The first kappa shape index (κ1) is 16.0. The molecule has 0 radical (unpaired) electrons. The molecule has 5 nitrogen and oxygen atoms in total. The molecule has 1 aromatic rings. The van der Waals surface area contributed by atoms with Crippen molar-refractivity contribution in [3.63, 3.8) is 0 Å². The fourth-order valence-corrected chi connectivity index (χ4v) is 3.77. The first-order valence-electron chi connectivity index (χ1n) is 8.52. The molecule has 1 unspecified atom stereocenters. The SMILES string of the molecule is Cc1ccccc1C[NH+](C)CN1C(=O)NC2(CCCCC2)C1=O. The summed E-state index contributed by atoms with van der Waals surface area (Å²) in [5, 5.41) is 2.97. The molecule has 1 atom stereocenters. The van der Waals surface area contributed by atoms with Crippen LogP contribution in [0.25, 0.3) is 0 Å². The van der Waals surface area contributed by atoms with Crippen LogP contribution in [-0.2, 0) is 11.3 Å². The second-order valence-electron chi connectivity index (χ2n) is 7.02. The van der Waals surface area contributed by atoms with Crippen LogP contribution >= 0.6 is 0 Å². The number of carbonyl (C=O) groups excluding carboxylic acids is 2. The van der Waals surface area contributed by atoms with Gasteiger partial charge in [-0.25, -0.2) is 9.69 Å². The Morgan fingerprint density at radius 1 is 1.17 bits per heavy atom. The maximum atomic E-state index is 12.8. The van der Waals surface area contributed by atoms with Crippen molar-refractivity contribution in [2.75, 3.05) is 13.7 Å². The number of rotatable bonds is 4. The second kappa shape index (κ2) is 6.32. The summed E-state index contributed by atoms with van der Waals surface area (Å²) in [6.45, 7) is 3.31. The van der Waals surface area contributed by atoms with E-state index in [1.165, 1.54) is 16.0 Å². The van der Waals surface area contributed by atoms with E-state index < -0.39 is 5.54 Å². The Balaban J connectivity index is 1.66. The van der Waals surface area contributed by atoms with E-state index >= 15 is 0 Å². The zero-order chi connectivity index (χ0) is 16.4. The first-order valence-corrected chi connectivity index (χ1v) is 8.52. The molecular formula is C18H26N3O2+. The Hall–Kier alpha value is -1.88. The summed E-state index contributed by atoms with van der Waals surface area (Å²) in [7, 11) is 2.03. The predicted molar refractivity (Wildman–Crippen MR) is 87.8 cm³/mol. The number of amides is 3. The van der Waals surface area contributed by atoms with E-state index in [2.05, 4.69) is 24.4 Å². The lowest BCUT2D eigenvalue weighted by atomic mass is 9.82. The molecule has 0 aromatic heterocycles.